The molecule has 0 bridgehead atoms. The molecule has 0 atom stereocenters. The maximum absolute atomic E-state index is 13.7. The Balaban J connectivity index is 2.61. The molecule has 0 N–H and O–H groups in total. The van der Waals surface area contributed by atoms with Crippen LogP contribution in [0.2, 0.25) is 0 Å². The highest BCUT2D eigenvalue weighted by Crippen LogP contribution is 2.33. The molecule has 0 aliphatic heterocycles. The Labute approximate surface area is 160 Å². The van der Waals surface area contributed by atoms with E-state index in [4.69, 9.17) is 9.47 Å². The van der Waals surface area contributed by atoms with Crippen LogP contribution in [-0.2, 0) is 27.3 Å². The number of ether oxygens (including phenoxy) is 2. The van der Waals surface area contributed by atoms with Crippen LogP contribution in [-0.4, -0.2) is 23.7 Å². The second kappa shape index (κ2) is 8.61. The number of carbonyl (C=O) groups excluding carboxylic acids is 1. The van der Waals surface area contributed by atoms with Gasteiger partial charge in [-0.05, 0) is 66.6 Å². The summed E-state index contributed by atoms with van der Waals surface area (Å²) in [5.41, 5.74) is 3.78. The molecule has 1 heterocycles. The van der Waals surface area contributed by atoms with Crippen LogP contribution in [0.25, 0.3) is 11.1 Å². The van der Waals surface area contributed by atoms with Gasteiger partial charge < -0.3 is 9.47 Å². The third-order valence-electron chi connectivity index (χ3n) is 4.06. The second-order valence-corrected chi connectivity index (χ2v) is 7.93. The molecular weight excluding hydrogens is 345 g/mol. The molecule has 0 saturated carbocycles. The lowest BCUT2D eigenvalue weighted by Gasteiger charge is -2.23. The summed E-state index contributed by atoms with van der Waals surface area (Å²) in [6.45, 7) is 10.1. The van der Waals surface area contributed by atoms with Gasteiger partial charge in [-0.1, -0.05) is 19.9 Å². The molecule has 2 rings (SSSR count). The highest BCUT2D eigenvalue weighted by atomic mass is 19.1. The Hall–Kier alpha value is -2.27. The maximum atomic E-state index is 13.7. The molecule has 0 radical (unpaired) electrons. The summed E-state index contributed by atoms with van der Waals surface area (Å²) in [4.78, 5) is 16.2. The van der Waals surface area contributed by atoms with E-state index in [1.165, 1.54) is 12.3 Å². The summed E-state index contributed by atoms with van der Waals surface area (Å²) < 4.78 is 24.6. The summed E-state index contributed by atoms with van der Waals surface area (Å²) in [5.74, 6) is -0.677. The van der Waals surface area contributed by atoms with Crippen molar-refractivity contribution in [3.63, 3.8) is 0 Å². The summed E-state index contributed by atoms with van der Waals surface area (Å²) in [5, 5.41) is 0. The van der Waals surface area contributed by atoms with Crippen molar-refractivity contribution in [2.24, 2.45) is 0 Å². The maximum Gasteiger partial charge on any atom is 0.310 e. The average Bonchev–Trinajstić information content (AvgIpc) is 2.54. The van der Waals surface area contributed by atoms with Gasteiger partial charge in [-0.3, -0.25) is 4.79 Å². The number of nitrogens with zero attached hydrogens (tertiary/aromatic N) is 1. The number of benzene rings is 1. The predicted molar refractivity (Wildman–Crippen MR) is 104 cm³/mol. The van der Waals surface area contributed by atoms with E-state index in [1.807, 2.05) is 26.8 Å². The van der Waals surface area contributed by atoms with E-state index >= 15 is 0 Å². The van der Waals surface area contributed by atoms with Gasteiger partial charge in [-0.15, -0.1) is 0 Å². The Morgan fingerprint density at radius 3 is 2.48 bits per heavy atom. The molecule has 0 saturated heterocycles. The number of esters is 1. The van der Waals surface area contributed by atoms with Gasteiger partial charge in [0.2, 0.25) is 5.95 Å². The van der Waals surface area contributed by atoms with Gasteiger partial charge in [-0.25, -0.2) is 4.98 Å². The lowest BCUT2D eigenvalue weighted by atomic mass is 9.87. The van der Waals surface area contributed by atoms with Gasteiger partial charge in [0, 0.05) is 19.4 Å². The number of carbonyl (C=O) groups is 1. The van der Waals surface area contributed by atoms with Gasteiger partial charge in [0.25, 0.3) is 0 Å². The van der Waals surface area contributed by atoms with Gasteiger partial charge in [-0.2, -0.15) is 4.39 Å². The quantitative estimate of drug-likeness (QED) is 0.526. The molecule has 27 heavy (non-hydrogen) atoms. The topological polar surface area (TPSA) is 48.4 Å². The summed E-state index contributed by atoms with van der Waals surface area (Å²) in [6.07, 6.45) is 1.55. The molecule has 1 aromatic carbocycles. The molecular formula is C22H28FNO3. The van der Waals surface area contributed by atoms with Gasteiger partial charge >= 0.3 is 5.97 Å². The Morgan fingerprint density at radius 1 is 1.22 bits per heavy atom. The van der Waals surface area contributed by atoms with Crippen LogP contribution >= 0.6 is 0 Å². The van der Waals surface area contributed by atoms with E-state index in [9.17, 15) is 9.18 Å². The second-order valence-electron chi connectivity index (χ2n) is 7.93. The zero-order valence-electron chi connectivity index (χ0n) is 16.9. The van der Waals surface area contributed by atoms with E-state index in [2.05, 4.69) is 24.9 Å². The van der Waals surface area contributed by atoms with Crippen molar-refractivity contribution in [2.45, 2.75) is 59.2 Å². The normalized spacial score (nSPS) is 11.7. The third kappa shape index (κ3) is 5.86. The number of hydrogen-bond acceptors (Lipinski definition) is 4. The fraction of sp³-hybridized carbons (Fsp3) is 0.455. The predicted octanol–water partition coefficient (Wildman–Crippen LogP) is 5.04. The van der Waals surface area contributed by atoms with Crippen LogP contribution in [0.4, 0.5) is 4.39 Å². The standard InChI is InChI=1S/C22H28FNO3/c1-14(2)17-9-15(13-26-6)10-18(16-7-8-24-20(23)11-16)19(17)12-21(25)27-22(3,4)5/h7-11,14H,12-13H2,1-6H3. The smallest absolute Gasteiger partial charge is 0.310 e. The van der Waals surface area contributed by atoms with Crippen molar-refractivity contribution in [3.05, 3.63) is 53.1 Å². The third-order valence-corrected chi connectivity index (χ3v) is 4.06. The van der Waals surface area contributed by atoms with Gasteiger partial charge in [0.15, 0.2) is 0 Å². The van der Waals surface area contributed by atoms with E-state index in [0.29, 0.717) is 12.2 Å². The lowest BCUT2D eigenvalue weighted by Crippen LogP contribution is -2.25. The van der Waals surface area contributed by atoms with Crippen LogP contribution in [0.1, 0.15) is 57.2 Å². The minimum absolute atomic E-state index is 0.122. The molecule has 0 spiro atoms. The van der Waals surface area contributed by atoms with Crippen LogP contribution < -0.4 is 0 Å². The van der Waals surface area contributed by atoms with E-state index in [-0.39, 0.29) is 18.3 Å². The van der Waals surface area contributed by atoms with E-state index in [0.717, 1.165) is 22.3 Å². The lowest BCUT2D eigenvalue weighted by molar-refractivity contribution is -0.153. The van der Waals surface area contributed by atoms with Crippen LogP contribution in [0.15, 0.2) is 30.5 Å². The fourth-order valence-electron chi connectivity index (χ4n) is 3.07. The summed E-state index contributed by atoms with van der Waals surface area (Å²) >= 11 is 0. The molecule has 0 aliphatic rings. The first-order valence-electron chi connectivity index (χ1n) is 9.09. The average molecular weight is 373 g/mol. The van der Waals surface area contributed by atoms with Crippen molar-refractivity contribution >= 4 is 5.97 Å². The number of rotatable bonds is 6. The minimum atomic E-state index is -0.562. The Kier molecular flexibility index (Phi) is 6.71. The first kappa shape index (κ1) is 21.0. The van der Waals surface area contributed by atoms with E-state index in [1.54, 1.807) is 13.2 Å². The first-order chi connectivity index (χ1) is 12.6. The van der Waals surface area contributed by atoms with Crippen LogP contribution in [0.5, 0.6) is 0 Å². The van der Waals surface area contributed by atoms with Crippen molar-refractivity contribution in [2.75, 3.05) is 7.11 Å². The SMILES string of the molecule is COCc1cc(-c2ccnc(F)c2)c(CC(=O)OC(C)(C)C)c(C(C)C)c1. The Morgan fingerprint density at radius 2 is 1.93 bits per heavy atom. The molecule has 2 aromatic rings. The minimum Gasteiger partial charge on any atom is -0.460 e. The molecule has 146 valence electrons. The monoisotopic (exact) mass is 373 g/mol. The molecule has 4 nitrogen and oxygen atoms in total. The van der Waals surface area contributed by atoms with Crippen LogP contribution in [0.3, 0.4) is 0 Å². The summed E-state index contributed by atoms with van der Waals surface area (Å²) in [6, 6.07) is 7.13. The highest BCUT2D eigenvalue weighted by molar-refractivity contribution is 5.79. The highest BCUT2D eigenvalue weighted by Gasteiger charge is 2.22. The zero-order chi connectivity index (χ0) is 20.2. The Bertz CT molecular complexity index is 810. The van der Waals surface area contributed by atoms with Gasteiger partial charge in [0.05, 0.1) is 13.0 Å². The number of pyridine rings is 1. The van der Waals surface area contributed by atoms with Gasteiger partial charge in [0.1, 0.15) is 5.60 Å². The molecule has 5 heteroatoms. The van der Waals surface area contributed by atoms with Crippen molar-refractivity contribution in [1.82, 2.24) is 4.98 Å². The molecule has 1 aromatic heterocycles. The van der Waals surface area contributed by atoms with Crippen molar-refractivity contribution in [1.29, 1.82) is 0 Å². The van der Waals surface area contributed by atoms with E-state index < -0.39 is 11.5 Å². The number of hydrogen-bond donors (Lipinski definition) is 0. The van der Waals surface area contributed by atoms with Crippen molar-refractivity contribution < 1.29 is 18.7 Å². The van der Waals surface area contributed by atoms with Crippen LogP contribution in [0, 0.1) is 5.95 Å². The largest absolute Gasteiger partial charge is 0.460 e. The summed E-state index contributed by atoms with van der Waals surface area (Å²) in [7, 11) is 1.63. The molecule has 0 unspecified atom stereocenters. The first-order valence-corrected chi connectivity index (χ1v) is 9.09. The molecule has 0 aliphatic carbocycles. The number of aromatic nitrogens is 1. The molecule has 0 fully saturated rings. The number of methoxy groups -OCH3 is 1. The molecule has 0 amide bonds. The van der Waals surface area contributed by atoms with Crippen molar-refractivity contribution in [3.8, 4) is 11.1 Å². The zero-order valence-corrected chi connectivity index (χ0v) is 16.9. The fourth-order valence-corrected chi connectivity index (χ4v) is 3.07. The number of halogens is 1.